The van der Waals surface area contributed by atoms with Gasteiger partial charge in [-0.25, -0.2) is 21.6 Å². The normalized spacial score (nSPS) is 23.6. The van der Waals surface area contributed by atoms with Crippen molar-refractivity contribution in [2.45, 2.75) is 37.0 Å². The molecule has 1 aliphatic rings. The van der Waals surface area contributed by atoms with Crippen LogP contribution in [0.1, 0.15) is 25.7 Å². The molecule has 7 heteroatoms. The maximum absolute atomic E-state index is 13.5. The van der Waals surface area contributed by atoms with Gasteiger partial charge in [0.25, 0.3) is 0 Å². The molecule has 3 nitrogen and oxygen atoms in total. The van der Waals surface area contributed by atoms with E-state index in [2.05, 4.69) is 5.32 Å². The van der Waals surface area contributed by atoms with Crippen molar-refractivity contribution in [3.63, 3.8) is 0 Å². The molecule has 1 saturated carbocycles. The van der Waals surface area contributed by atoms with Crippen molar-refractivity contribution in [1.82, 2.24) is 0 Å². The van der Waals surface area contributed by atoms with Crippen LogP contribution in [0.25, 0.3) is 0 Å². The van der Waals surface area contributed by atoms with Gasteiger partial charge in [0.1, 0.15) is 21.3 Å². The Morgan fingerprint density at radius 1 is 1.15 bits per heavy atom. The average Bonchev–Trinajstić information content (AvgIpc) is 2.33. The second kappa shape index (κ2) is 5.63. The van der Waals surface area contributed by atoms with Crippen LogP contribution in [0.2, 0.25) is 0 Å². The number of hydrogen-bond donors (Lipinski definition) is 1. The topological polar surface area (TPSA) is 46.2 Å². The van der Waals surface area contributed by atoms with E-state index in [4.69, 9.17) is 0 Å². The molecule has 0 radical (unpaired) electrons. The first-order valence-electron chi connectivity index (χ1n) is 6.37. The maximum Gasteiger partial charge on any atom is 0.152 e. The smallest absolute Gasteiger partial charge is 0.152 e. The molecule has 0 spiro atoms. The highest BCUT2D eigenvalue weighted by molar-refractivity contribution is 7.91. The largest absolute Gasteiger partial charge is 0.378 e. The Labute approximate surface area is 116 Å². The first-order chi connectivity index (χ1) is 9.27. The van der Waals surface area contributed by atoms with E-state index in [1.54, 1.807) is 0 Å². The summed E-state index contributed by atoms with van der Waals surface area (Å²) in [6.45, 7) is 0. The van der Waals surface area contributed by atoms with E-state index in [0.717, 1.165) is 0 Å². The van der Waals surface area contributed by atoms with Gasteiger partial charge in [-0.3, -0.25) is 0 Å². The standard InChI is InChI=1S/C13H16F3NO2S/c1-20(18,19)10-4-2-3-9(7-10)17-13-11(15)5-8(14)6-12(13)16/h5-6,9-10,17H,2-4,7H2,1H3. The molecule has 1 N–H and O–H groups in total. The molecule has 20 heavy (non-hydrogen) atoms. The summed E-state index contributed by atoms with van der Waals surface area (Å²) in [6.07, 6.45) is 3.32. The summed E-state index contributed by atoms with van der Waals surface area (Å²) in [4.78, 5) is 0. The third kappa shape index (κ3) is 3.45. The summed E-state index contributed by atoms with van der Waals surface area (Å²) >= 11 is 0. The van der Waals surface area contributed by atoms with Crippen LogP contribution < -0.4 is 5.32 Å². The Morgan fingerprint density at radius 3 is 2.30 bits per heavy atom. The molecular weight excluding hydrogens is 291 g/mol. The van der Waals surface area contributed by atoms with Crippen LogP contribution in [0, 0.1) is 17.5 Å². The second-order valence-corrected chi connectivity index (χ2v) is 7.53. The third-order valence-corrected chi connectivity index (χ3v) is 5.23. The third-order valence-electron chi connectivity index (χ3n) is 3.59. The van der Waals surface area contributed by atoms with Crippen LogP contribution in [0.5, 0.6) is 0 Å². The Kier molecular flexibility index (Phi) is 4.27. The highest BCUT2D eigenvalue weighted by Crippen LogP contribution is 2.28. The quantitative estimate of drug-likeness (QED) is 0.934. The molecular formula is C13H16F3NO2S. The van der Waals surface area contributed by atoms with Gasteiger partial charge < -0.3 is 5.32 Å². The van der Waals surface area contributed by atoms with Gasteiger partial charge in [0, 0.05) is 24.4 Å². The predicted molar refractivity (Wildman–Crippen MR) is 70.8 cm³/mol. The minimum Gasteiger partial charge on any atom is -0.378 e. The molecule has 2 unspecified atom stereocenters. The number of halogens is 3. The summed E-state index contributed by atoms with van der Waals surface area (Å²) in [7, 11) is -3.17. The van der Waals surface area contributed by atoms with Crippen molar-refractivity contribution >= 4 is 15.5 Å². The summed E-state index contributed by atoms with van der Waals surface area (Å²) in [5.41, 5.74) is -0.398. The molecule has 2 atom stereocenters. The summed E-state index contributed by atoms with van der Waals surface area (Å²) in [5, 5.41) is 2.17. The van der Waals surface area contributed by atoms with Crippen LogP contribution in [0.3, 0.4) is 0 Å². The van der Waals surface area contributed by atoms with Gasteiger partial charge in [-0.15, -0.1) is 0 Å². The minimum absolute atomic E-state index is 0.301. The van der Waals surface area contributed by atoms with E-state index in [9.17, 15) is 21.6 Å². The summed E-state index contributed by atoms with van der Waals surface area (Å²) in [5.74, 6) is -3.00. The van der Waals surface area contributed by atoms with Crippen LogP contribution in [-0.4, -0.2) is 26.0 Å². The highest BCUT2D eigenvalue weighted by atomic mass is 32.2. The molecule has 2 rings (SSSR count). The Hall–Kier alpha value is -1.24. The lowest BCUT2D eigenvalue weighted by Crippen LogP contribution is -2.34. The van der Waals surface area contributed by atoms with Crippen molar-refractivity contribution in [2.75, 3.05) is 11.6 Å². The number of anilines is 1. The van der Waals surface area contributed by atoms with Crippen LogP contribution in [0.4, 0.5) is 18.9 Å². The monoisotopic (exact) mass is 307 g/mol. The van der Waals surface area contributed by atoms with Gasteiger partial charge in [-0.1, -0.05) is 6.42 Å². The van der Waals surface area contributed by atoms with Crippen molar-refractivity contribution in [1.29, 1.82) is 0 Å². The number of nitrogens with one attached hydrogen (secondary N) is 1. The van der Waals surface area contributed by atoms with Crippen molar-refractivity contribution in [3.05, 3.63) is 29.6 Å². The molecule has 0 aromatic heterocycles. The van der Waals surface area contributed by atoms with Gasteiger partial charge in [-0.2, -0.15) is 0 Å². The van der Waals surface area contributed by atoms with E-state index in [0.29, 0.717) is 37.8 Å². The molecule has 1 aromatic carbocycles. The Balaban J connectivity index is 2.14. The van der Waals surface area contributed by atoms with Gasteiger partial charge in [0.05, 0.1) is 5.25 Å². The van der Waals surface area contributed by atoms with Gasteiger partial charge >= 0.3 is 0 Å². The predicted octanol–water partition coefficient (Wildman–Crippen LogP) is 2.87. The Bertz CT molecular complexity index is 581. The van der Waals surface area contributed by atoms with Gasteiger partial charge in [0.2, 0.25) is 0 Å². The lowest BCUT2D eigenvalue weighted by Gasteiger charge is -2.29. The molecule has 112 valence electrons. The van der Waals surface area contributed by atoms with Gasteiger partial charge in [-0.05, 0) is 19.3 Å². The van der Waals surface area contributed by atoms with Crippen molar-refractivity contribution in [2.24, 2.45) is 0 Å². The SMILES string of the molecule is CS(=O)(=O)C1CCCC(Nc2c(F)cc(F)cc2F)C1. The van der Waals surface area contributed by atoms with Crippen LogP contribution >= 0.6 is 0 Å². The van der Waals surface area contributed by atoms with Gasteiger partial charge in [0.15, 0.2) is 11.6 Å². The lowest BCUT2D eigenvalue weighted by molar-refractivity contribution is 0.448. The second-order valence-electron chi connectivity index (χ2n) is 5.20. The van der Waals surface area contributed by atoms with E-state index in [1.807, 2.05) is 0 Å². The molecule has 0 saturated heterocycles. The van der Waals surface area contributed by atoms with E-state index < -0.39 is 38.2 Å². The number of hydrogen-bond acceptors (Lipinski definition) is 3. The van der Waals surface area contributed by atoms with Crippen molar-refractivity contribution in [3.8, 4) is 0 Å². The zero-order chi connectivity index (χ0) is 14.9. The molecule has 0 heterocycles. The lowest BCUT2D eigenvalue weighted by atomic mass is 9.94. The maximum atomic E-state index is 13.5. The van der Waals surface area contributed by atoms with Crippen LogP contribution in [-0.2, 0) is 9.84 Å². The molecule has 0 aliphatic heterocycles. The molecule has 0 bridgehead atoms. The van der Waals surface area contributed by atoms with Crippen LogP contribution in [0.15, 0.2) is 12.1 Å². The highest BCUT2D eigenvalue weighted by Gasteiger charge is 2.29. The number of benzene rings is 1. The average molecular weight is 307 g/mol. The number of rotatable bonds is 3. The summed E-state index contributed by atoms with van der Waals surface area (Å²) < 4.78 is 63.0. The zero-order valence-electron chi connectivity index (χ0n) is 11.0. The van der Waals surface area contributed by atoms with E-state index in [-0.39, 0.29) is 6.04 Å². The fourth-order valence-corrected chi connectivity index (χ4v) is 3.73. The fraction of sp³-hybridized carbons (Fsp3) is 0.538. The van der Waals surface area contributed by atoms with Crippen molar-refractivity contribution < 1.29 is 21.6 Å². The molecule has 1 aromatic rings. The first-order valence-corrected chi connectivity index (χ1v) is 8.33. The number of sulfone groups is 1. The Morgan fingerprint density at radius 2 is 1.75 bits per heavy atom. The first kappa shape index (κ1) is 15.2. The molecule has 1 aliphatic carbocycles. The van der Waals surface area contributed by atoms with E-state index >= 15 is 0 Å². The molecule has 1 fully saturated rings. The zero-order valence-corrected chi connectivity index (χ0v) is 11.8. The minimum atomic E-state index is -3.17. The fourth-order valence-electron chi connectivity index (χ4n) is 2.55. The molecule has 0 amide bonds. The summed E-state index contributed by atoms with van der Waals surface area (Å²) in [6, 6.07) is 0.864. The van der Waals surface area contributed by atoms with E-state index in [1.165, 1.54) is 6.26 Å².